The van der Waals surface area contributed by atoms with E-state index in [0.717, 1.165) is 30.0 Å². The number of rotatable bonds is 3. The van der Waals surface area contributed by atoms with Gasteiger partial charge in [0.15, 0.2) is 0 Å². The molecule has 0 aliphatic heterocycles. The van der Waals surface area contributed by atoms with Gasteiger partial charge >= 0.3 is 0 Å². The van der Waals surface area contributed by atoms with E-state index in [-0.39, 0.29) is 0 Å². The van der Waals surface area contributed by atoms with Crippen molar-refractivity contribution >= 4 is 0 Å². The van der Waals surface area contributed by atoms with Crippen molar-refractivity contribution in [2.24, 2.45) is 11.1 Å². The molecule has 0 radical (unpaired) electrons. The molecule has 0 spiro atoms. The highest BCUT2D eigenvalue weighted by molar-refractivity contribution is 5.28. The molecule has 1 aliphatic rings. The van der Waals surface area contributed by atoms with Crippen molar-refractivity contribution in [3.8, 4) is 5.88 Å². The molecule has 1 aromatic heterocycles. The summed E-state index contributed by atoms with van der Waals surface area (Å²) >= 11 is 0. The molecule has 100 valence electrons. The monoisotopic (exact) mass is 248 g/mol. The average Bonchev–Trinajstić information content (AvgIpc) is 2.32. The predicted molar refractivity (Wildman–Crippen MR) is 73.5 cm³/mol. The van der Waals surface area contributed by atoms with Crippen LogP contribution in [0.3, 0.4) is 0 Å². The van der Waals surface area contributed by atoms with Crippen molar-refractivity contribution in [1.29, 1.82) is 0 Å². The summed E-state index contributed by atoms with van der Waals surface area (Å²) in [6.45, 7) is 7.14. The first-order valence-corrected chi connectivity index (χ1v) is 6.83. The third-order valence-corrected chi connectivity index (χ3v) is 3.86. The van der Waals surface area contributed by atoms with E-state index in [1.807, 2.05) is 19.1 Å². The zero-order valence-electron chi connectivity index (χ0n) is 11.7. The van der Waals surface area contributed by atoms with Gasteiger partial charge in [-0.05, 0) is 44.1 Å². The van der Waals surface area contributed by atoms with Crippen LogP contribution in [0.4, 0.5) is 0 Å². The summed E-state index contributed by atoms with van der Waals surface area (Å²) in [5.74, 6) is 0.738. The average molecular weight is 248 g/mol. The van der Waals surface area contributed by atoms with E-state index in [0.29, 0.717) is 18.1 Å². The van der Waals surface area contributed by atoms with Gasteiger partial charge in [-0.2, -0.15) is 0 Å². The number of hydrogen-bond donors (Lipinski definition) is 1. The van der Waals surface area contributed by atoms with Gasteiger partial charge in [0.1, 0.15) is 6.10 Å². The molecule has 0 atom stereocenters. The number of aryl methyl sites for hydroxylation is 1. The van der Waals surface area contributed by atoms with Crippen LogP contribution in [0, 0.1) is 12.3 Å². The Morgan fingerprint density at radius 3 is 2.61 bits per heavy atom. The molecule has 1 aromatic rings. The lowest BCUT2D eigenvalue weighted by Crippen LogP contribution is -2.29. The van der Waals surface area contributed by atoms with Gasteiger partial charge < -0.3 is 10.5 Å². The quantitative estimate of drug-likeness (QED) is 0.893. The van der Waals surface area contributed by atoms with Crippen LogP contribution in [-0.2, 0) is 6.54 Å². The van der Waals surface area contributed by atoms with Crippen molar-refractivity contribution in [1.82, 2.24) is 4.98 Å². The molecule has 2 N–H and O–H groups in total. The van der Waals surface area contributed by atoms with E-state index in [1.54, 1.807) is 0 Å². The van der Waals surface area contributed by atoms with E-state index in [2.05, 4.69) is 18.8 Å². The minimum absolute atomic E-state index is 0.303. The summed E-state index contributed by atoms with van der Waals surface area (Å²) in [7, 11) is 0. The first kappa shape index (κ1) is 13.3. The Morgan fingerprint density at radius 1 is 1.33 bits per heavy atom. The van der Waals surface area contributed by atoms with Crippen LogP contribution in [0.1, 0.15) is 50.8 Å². The Bertz CT molecular complexity index is 405. The second-order valence-corrected chi connectivity index (χ2v) is 6.10. The summed E-state index contributed by atoms with van der Waals surface area (Å²) in [6, 6.07) is 4.00. The lowest BCUT2D eigenvalue weighted by Gasteiger charge is -2.34. The van der Waals surface area contributed by atoms with E-state index < -0.39 is 0 Å². The van der Waals surface area contributed by atoms with Crippen LogP contribution in [0.5, 0.6) is 5.88 Å². The lowest BCUT2D eigenvalue weighted by molar-refractivity contribution is 0.0939. The number of nitrogens with two attached hydrogens (primary N) is 1. The Balaban J connectivity index is 2.04. The van der Waals surface area contributed by atoms with Crippen molar-refractivity contribution in [2.75, 3.05) is 0 Å². The van der Waals surface area contributed by atoms with Gasteiger partial charge in [0.05, 0.1) is 0 Å². The first-order valence-electron chi connectivity index (χ1n) is 6.83. The van der Waals surface area contributed by atoms with Crippen LogP contribution < -0.4 is 10.5 Å². The van der Waals surface area contributed by atoms with Crippen LogP contribution in [0.2, 0.25) is 0 Å². The number of nitrogens with zero attached hydrogens (tertiary/aromatic N) is 1. The van der Waals surface area contributed by atoms with Crippen LogP contribution in [0.15, 0.2) is 12.1 Å². The van der Waals surface area contributed by atoms with Crippen molar-refractivity contribution in [3.63, 3.8) is 0 Å². The molecule has 1 fully saturated rings. The highest BCUT2D eigenvalue weighted by atomic mass is 16.5. The molecule has 18 heavy (non-hydrogen) atoms. The van der Waals surface area contributed by atoms with E-state index in [9.17, 15) is 0 Å². The Kier molecular flexibility index (Phi) is 3.91. The van der Waals surface area contributed by atoms with Gasteiger partial charge in [0.2, 0.25) is 5.88 Å². The molecule has 0 saturated heterocycles. The fraction of sp³-hybridized carbons (Fsp3) is 0.667. The standard InChI is InChI=1S/C15H24N2O/c1-11-4-5-12(10-16)14(17-11)18-13-6-8-15(2,3)9-7-13/h4-5,13H,6-10,16H2,1-3H3. The van der Waals surface area contributed by atoms with Gasteiger partial charge in [0.25, 0.3) is 0 Å². The summed E-state index contributed by atoms with van der Waals surface area (Å²) in [5, 5.41) is 0. The number of aromatic nitrogens is 1. The largest absolute Gasteiger partial charge is 0.474 e. The lowest BCUT2D eigenvalue weighted by atomic mass is 9.76. The van der Waals surface area contributed by atoms with Crippen molar-refractivity contribution < 1.29 is 4.74 Å². The van der Waals surface area contributed by atoms with Gasteiger partial charge in [0, 0.05) is 17.8 Å². The minimum atomic E-state index is 0.303. The number of ether oxygens (including phenoxy) is 1. The molecule has 3 nitrogen and oxygen atoms in total. The Labute approximate surface area is 110 Å². The summed E-state index contributed by atoms with van der Waals surface area (Å²) in [6.07, 6.45) is 4.99. The van der Waals surface area contributed by atoms with E-state index >= 15 is 0 Å². The molecule has 0 amide bonds. The maximum absolute atomic E-state index is 6.06. The molecule has 2 rings (SSSR count). The summed E-state index contributed by atoms with van der Waals surface area (Å²) in [4.78, 5) is 4.47. The fourth-order valence-electron chi connectivity index (χ4n) is 2.47. The van der Waals surface area contributed by atoms with Gasteiger partial charge in [-0.15, -0.1) is 0 Å². The van der Waals surface area contributed by atoms with Crippen molar-refractivity contribution in [3.05, 3.63) is 23.4 Å². The minimum Gasteiger partial charge on any atom is -0.474 e. The molecule has 0 aromatic carbocycles. The molecule has 0 unspecified atom stereocenters. The molecular weight excluding hydrogens is 224 g/mol. The topological polar surface area (TPSA) is 48.1 Å². The predicted octanol–water partition coefficient (Wildman–Crippen LogP) is 3.20. The molecule has 1 heterocycles. The second-order valence-electron chi connectivity index (χ2n) is 6.10. The molecule has 3 heteroatoms. The van der Waals surface area contributed by atoms with Gasteiger partial charge in [-0.25, -0.2) is 4.98 Å². The maximum Gasteiger partial charge on any atom is 0.218 e. The first-order chi connectivity index (χ1) is 8.50. The van der Waals surface area contributed by atoms with Crippen LogP contribution >= 0.6 is 0 Å². The third-order valence-electron chi connectivity index (χ3n) is 3.86. The SMILES string of the molecule is Cc1ccc(CN)c(OC2CCC(C)(C)CC2)n1. The van der Waals surface area contributed by atoms with Crippen molar-refractivity contribution in [2.45, 2.75) is 59.1 Å². The fourth-order valence-corrected chi connectivity index (χ4v) is 2.47. The molecule has 1 saturated carbocycles. The van der Waals surface area contributed by atoms with Crippen LogP contribution in [0.25, 0.3) is 0 Å². The van der Waals surface area contributed by atoms with Crippen LogP contribution in [-0.4, -0.2) is 11.1 Å². The van der Waals surface area contributed by atoms with Gasteiger partial charge in [-0.1, -0.05) is 19.9 Å². The highest BCUT2D eigenvalue weighted by Crippen LogP contribution is 2.36. The zero-order valence-corrected chi connectivity index (χ0v) is 11.7. The molecular formula is C15H24N2O. The number of hydrogen-bond acceptors (Lipinski definition) is 3. The Morgan fingerprint density at radius 2 is 2.00 bits per heavy atom. The number of pyridine rings is 1. The third kappa shape index (κ3) is 3.22. The Hall–Kier alpha value is -1.09. The van der Waals surface area contributed by atoms with E-state index in [4.69, 9.17) is 10.5 Å². The summed E-state index contributed by atoms with van der Waals surface area (Å²) < 4.78 is 6.06. The second kappa shape index (κ2) is 5.27. The highest BCUT2D eigenvalue weighted by Gasteiger charge is 2.28. The zero-order chi connectivity index (χ0) is 13.2. The van der Waals surface area contributed by atoms with Gasteiger partial charge in [-0.3, -0.25) is 0 Å². The smallest absolute Gasteiger partial charge is 0.218 e. The normalized spacial score (nSPS) is 19.8. The summed E-state index contributed by atoms with van der Waals surface area (Å²) in [5.41, 5.74) is 8.19. The molecule has 1 aliphatic carbocycles. The van der Waals surface area contributed by atoms with E-state index in [1.165, 1.54) is 12.8 Å². The maximum atomic E-state index is 6.06. The molecule has 0 bridgehead atoms.